The van der Waals surface area contributed by atoms with Gasteiger partial charge in [-0.25, -0.2) is 0 Å². The van der Waals surface area contributed by atoms with Gasteiger partial charge < -0.3 is 0 Å². The second-order valence-electron chi connectivity index (χ2n) is 6.90. The predicted octanol–water partition coefficient (Wildman–Crippen LogP) is 6.72. The van der Waals surface area contributed by atoms with Crippen LogP contribution in [0.2, 0.25) is 0 Å². The van der Waals surface area contributed by atoms with E-state index < -0.39 is 0 Å². The summed E-state index contributed by atoms with van der Waals surface area (Å²) >= 11 is 0. The maximum Gasteiger partial charge on any atom is -0.0178 e. The molecule has 0 aliphatic rings. The van der Waals surface area contributed by atoms with Crippen LogP contribution >= 0.6 is 0 Å². The highest BCUT2D eigenvalue weighted by Gasteiger charge is 2.18. The first-order chi connectivity index (χ1) is 9.91. The van der Waals surface area contributed by atoms with Crippen LogP contribution in [0.5, 0.6) is 0 Å². The molecule has 0 N–H and O–H groups in total. The summed E-state index contributed by atoms with van der Waals surface area (Å²) in [6.07, 6.45) is 0. The van der Waals surface area contributed by atoms with Crippen molar-refractivity contribution in [2.45, 2.75) is 59.3 Å². The molecule has 0 heterocycles. The lowest BCUT2D eigenvalue weighted by molar-refractivity contribution is 0.749. The number of hydrogen-bond donors (Lipinski definition) is 0. The SMILES string of the molecule is CC(C)c1cc(-c2ccccc2)cc(C(C)C)c1C(C)C. The van der Waals surface area contributed by atoms with Gasteiger partial charge in [-0.15, -0.1) is 0 Å². The molecule has 0 radical (unpaired) electrons. The number of rotatable bonds is 4. The zero-order chi connectivity index (χ0) is 15.6. The van der Waals surface area contributed by atoms with Crippen LogP contribution in [0.25, 0.3) is 11.1 Å². The standard InChI is InChI=1S/C21H28/c1-14(2)19-12-18(17-10-8-7-9-11-17)13-20(15(3)4)21(19)16(5)6/h7-16H,1-6H3. The van der Waals surface area contributed by atoms with Gasteiger partial charge in [-0.2, -0.15) is 0 Å². The molecule has 0 fully saturated rings. The Morgan fingerprint density at radius 3 is 1.43 bits per heavy atom. The van der Waals surface area contributed by atoms with E-state index in [1.807, 2.05) is 0 Å². The van der Waals surface area contributed by atoms with Crippen molar-refractivity contribution in [1.82, 2.24) is 0 Å². The van der Waals surface area contributed by atoms with Crippen molar-refractivity contribution in [1.29, 1.82) is 0 Å². The van der Waals surface area contributed by atoms with Gasteiger partial charge in [0.25, 0.3) is 0 Å². The van der Waals surface area contributed by atoms with E-state index in [2.05, 4.69) is 84.0 Å². The van der Waals surface area contributed by atoms with Crippen LogP contribution in [0.3, 0.4) is 0 Å². The van der Waals surface area contributed by atoms with E-state index in [0.717, 1.165) is 0 Å². The second-order valence-corrected chi connectivity index (χ2v) is 6.90. The molecule has 0 unspecified atom stereocenters. The topological polar surface area (TPSA) is 0 Å². The largest absolute Gasteiger partial charge is 0.0622 e. The molecule has 0 aromatic heterocycles. The molecule has 0 spiro atoms. The first kappa shape index (κ1) is 15.8. The maximum atomic E-state index is 2.40. The summed E-state index contributed by atoms with van der Waals surface area (Å²) in [6.45, 7) is 13.9. The van der Waals surface area contributed by atoms with Crippen molar-refractivity contribution in [2.24, 2.45) is 0 Å². The summed E-state index contributed by atoms with van der Waals surface area (Å²) in [5, 5.41) is 0. The van der Waals surface area contributed by atoms with Gasteiger partial charge in [0.1, 0.15) is 0 Å². The molecule has 0 atom stereocenters. The van der Waals surface area contributed by atoms with E-state index in [9.17, 15) is 0 Å². The van der Waals surface area contributed by atoms with Crippen molar-refractivity contribution < 1.29 is 0 Å². The minimum atomic E-state index is 0.559. The second kappa shape index (κ2) is 6.47. The third-order valence-electron chi connectivity index (χ3n) is 4.17. The Bertz CT molecular complexity index is 560. The van der Waals surface area contributed by atoms with Crippen LogP contribution in [0.4, 0.5) is 0 Å². The summed E-state index contributed by atoms with van der Waals surface area (Å²) in [4.78, 5) is 0. The van der Waals surface area contributed by atoms with Gasteiger partial charge in [0.2, 0.25) is 0 Å². The predicted molar refractivity (Wildman–Crippen MR) is 94.1 cm³/mol. The van der Waals surface area contributed by atoms with E-state index in [-0.39, 0.29) is 0 Å². The summed E-state index contributed by atoms with van der Waals surface area (Å²) in [6, 6.07) is 15.5. The Morgan fingerprint density at radius 2 is 1.05 bits per heavy atom. The van der Waals surface area contributed by atoms with Gasteiger partial charge >= 0.3 is 0 Å². The highest BCUT2D eigenvalue weighted by Crippen LogP contribution is 2.37. The maximum absolute atomic E-state index is 2.40. The van der Waals surface area contributed by atoms with Crippen molar-refractivity contribution in [3.05, 3.63) is 59.2 Å². The fraction of sp³-hybridized carbons (Fsp3) is 0.429. The van der Waals surface area contributed by atoms with E-state index in [1.54, 1.807) is 5.56 Å². The van der Waals surface area contributed by atoms with Gasteiger partial charge in [-0.1, -0.05) is 84.0 Å². The Balaban J connectivity index is 2.71. The molecule has 0 saturated heterocycles. The number of benzene rings is 2. The third kappa shape index (κ3) is 3.37. The zero-order valence-electron chi connectivity index (χ0n) is 14.3. The van der Waals surface area contributed by atoms with E-state index in [1.165, 1.54) is 22.3 Å². The van der Waals surface area contributed by atoms with E-state index >= 15 is 0 Å². The van der Waals surface area contributed by atoms with Crippen molar-refractivity contribution in [3.8, 4) is 11.1 Å². The van der Waals surface area contributed by atoms with Gasteiger partial charge in [-0.05, 0) is 45.6 Å². The third-order valence-corrected chi connectivity index (χ3v) is 4.17. The highest BCUT2D eigenvalue weighted by molar-refractivity contribution is 5.67. The molecule has 0 saturated carbocycles. The van der Waals surface area contributed by atoms with Crippen LogP contribution in [0.1, 0.15) is 76.0 Å². The van der Waals surface area contributed by atoms with Crippen LogP contribution in [0.15, 0.2) is 42.5 Å². The zero-order valence-corrected chi connectivity index (χ0v) is 14.3. The molecular weight excluding hydrogens is 252 g/mol. The van der Waals surface area contributed by atoms with Gasteiger partial charge in [0, 0.05) is 0 Å². The molecule has 2 aromatic rings. The summed E-state index contributed by atoms with van der Waals surface area (Å²) in [5.41, 5.74) is 7.24. The monoisotopic (exact) mass is 280 g/mol. The average Bonchev–Trinajstić information content (AvgIpc) is 2.46. The minimum Gasteiger partial charge on any atom is -0.0622 e. The van der Waals surface area contributed by atoms with Gasteiger partial charge in [0.05, 0.1) is 0 Å². The van der Waals surface area contributed by atoms with Crippen LogP contribution < -0.4 is 0 Å². The summed E-state index contributed by atoms with van der Waals surface area (Å²) in [7, 11) is 0. The molecule has 2 rings (SSSR count). The molecule has 0 nitrogen and oxygen atoms in total. The van der Waals surface area contributed by atoms with E-state index in [4.69, 9.17) is 0 Å². The minimum absolute atomic E-state index is 0.559. The number of hydrogen-bond acceptors (Lipinski definition) is 0. The quantitative estimate of drug-likeness (QED) is 0.583. The Kier molecular flexibility index (Phi) is 4.88. The summed E-state index contributed by atoms with van der Waals surface area (Å²) < 4.78 is 0. The average molecular weight is 280 g/mol. The molecule has 0 amide bonds. The normalized spacial score (nSPS) is 11.7. The van der Waals surface area contributed by atoms with Crippen LogP contribution in [0, 0.1) is 0 Å². The Morgan fingerprint density at radius 1 is 0.571 bits per heavy atom. The molecule has 0 aliphatic heterocycles. The fourth-order valence-electron chi connectivity index (χ4n) is 3.12. The molecule has 0 heteroatoms. The molecule has 0 aliphatic carbocycles. The molecule has 2 aromatic carbocycles. The first-order valence-electron chi connectivity index (χ1n) is 8.15. The molecule has 0 bridgehead atoms. The van der Waals surface area contributed by atoms with Crippen molar-refractivity contribution in [2.75, 3.05) is 0 Å². The highest BCUT2D eigenvalue weighted by atomic mass is 14.2. The van der Waals surface area contributed by atoms with E-state index in [0.29, 0.717) is 17.8 Å². The van der Waals surface area contributed by atoms with Gasteiger partial charge in [-0.3, -0.25) is 0 Å². The lowest BCUT2D eigenvalue weighted by Crippen LogP contribution is -2.06. The van der Waals surface area contributed by atoms with Crippen LogP contribution in [-0.4, -0.2) is 0 Å². The van der Waals surface area contributed by atoms with Crippen molar-refractivity contribution >= 4 is 0 Å². The first-order valence-corrected chi connectivity index (χ1v) is 8.15. The lowest BCUT2D eigenvalue weighted by Gasteiger charge is -2.24. The Hall–Kier alpha value is -1.56. The van der Waals surface area contributed by atoms with Crippen LogP contribution in [-0.2, 0) is 0 Å². The Labute approximate surface area is 130 Å². The molecule has 112 valence electrons. The van der Waals surface area contributed by atoms with Gasteiger partial charge in [0.15, 0.2) is 0 Å². The van der Waals surface area contributed by atoms with Crippen molar-refractivity contribution in [3.63, 3.8) is 0 Å². The smallest absolute Gasteiger partial charge is 0.0178 e. The fourth-order valence-corrected chi connectivity index (χ4v) is 3.12. The molecule has 21 heavy (non-hydrogen) atoms. The lowest BCUT2D eigenvalue weighted by atomic mass is 9.81. The molecular formula is C21H28. The summed E-state index contributed by atoms with van der Waals surface area (Å²) in [5.74, 6) is 1.69.